The fraction of sp³-hybridized carbons (Fsp3) is 0.350. The number of halogens is 1. The van der Waals surface area contributed by atoms with E-state index in [1.165, 1.54) is 24.3 Å². The number of carbonyl (C=O) groups is 1. The summed E-state index contributed by atoms with van der Waals surface area (Å²) in [5.74, 6) is -0.0948. The van der Waals surface area contributed by atoms with Crippen LogP contribution in [0.1, 0.15) is 19.8 Å². The van der Waals surface area contributed by atoms with Crippen LogP contribution in [0.3, 0.4) is 0 Å². The smallest absolute Gasteiger partial charge is 0.265 e. The van der Waals surface area contributed by atoms with Gasteiger partial charge in [-0.25, -0.2) is 12.8 Å². The van der Waals surface area contributed by atoms with E-state index >= 15 is 0 Å². The zero-order valence-corrected chi connectivity index (χ0v) is 15.9. The van der Waals surface area contributed by atoms with Gasteiger partial charge in [-0.3, -0.25) is 9.10 Å². The first-order valence-corrected chi connectivity index (χ1v) is 10.5. The zero-order chi connectivity index (χ0) is 19.2. The van der Waals surface area contributed by atoms with Gasteiger partial charge >= 0.3 is 0 Å². The summed E-state index contributed by atoms with van der Waals surface area (Å²) in [7, 11) is -3.89. The third kappa shape index (κ3) is 3.10. The Labute approximate surface area is 158 Å². The van der Waals surface area contributed by atoms with Crippen molar-refractivity contribution in [2.24, 2.45) is 5.92 Å². The summed E-state index contributed by atoms with van der Waals surface area (Å²) in [5.41, 5.74) is 1.29. The SMILES string of the molecule is CC1CCN(C(=O)CN2c3ccc(F)cc3-c3ccccc3S2(=O)=O)CC1. The molecule has 1 saturated heterocycles. The van der Waals surface area contributed by atoms with Crippen molar-refractivity contribution >= 4 is 21.6 Å². The molecule has 0 aromatic heterocycles. The van der Waals surface area contributed by atoms with Gasteiger partial charge in [0.15, 0.2) is 0 Å². The standard InChI is InChI=1S/C20H21FN2O3S/c1-14-8-10-22(11-9-14)20(24)13-23-18-7-6-15(21)12-17(18)16-4-2-3-5-19(16)27(23,25)26/h2-7,12,14H,8-11,13H2,1H3. The summed E-state index contributed by atoms with van der Waals surface area (Å²) in [6.45, 7) is 3.16. The van der Waals surface area contributed by atoms with Gasteiger partial charge in [0.2, 0.25) is 5.91 Å². The van der Waals surface area contributed by atoms with Crippen LogP contribution in [0.2, 0.25) is 0 Å². The molecular formula is C20H21FN2O3S. The minimum Gasteiger partial charge on any atom is -0.341 e. The number of fused-ring (bicyclic) bond motifs is 3. The number of benzene rings is 2. The highest BCUT2D eigenvalue weighted by atomic mass is 32.2. The topological polar surface area (TPSA) is 57.7 Å². The number of sulfonamides is 1. The molecule has 7 heteroatoms. The summed E-state index contributed by atoms with van der Waals surface area (Å²) >= 11 is 0. The molecule has 2 heterocycles. The van der Waals surface area contributed by atoms with Gasteiger partial charge in [0, 0.05) is 24.2 Å². The molecule has 2 aromatic rings. The normalized spacial score (nSPS) is 18.7. The highest BCUT2D eigenvalue weighted by Gasteiger charge is 2.37. The molecule has 0 radical (unpaired) electrons. The monoisotopic (exact) mass is 388 g/mol. The Balaban J connectivity index is 1.74. The van der Waals surface area contributed by atoms with Crippen LogP contribution >= 0.6 is 0 Å². The summed E-state index contributed by atoms with van der Waals surface area (Å²) in [5, 5.41) is 0. The van der Waals surface area contributed by atoms with Gasteiger partial charge in [0.1, 0.15) is 12.4 Å². The van der Waals surface area contributed by atoms with Gasteiger partial charge in [-0.15, -0.1) is 0 Å². The lowest BCUT2D eigenvalue weighted by atomic mass is 9.99. The van der Waals surface area contributed by atoms with Crippen LogP contribution < -0.4 is 4.31 Å². The Morgan fingerprint density at radius 1 is 1.11 bits per heavy atom. The van der Waals surface area contributed by atoms with E-state index in [1.807, 2.05) is 0 Å². The van der Waals surface area contributed by atoms with E-state index in [2.05, 4.69) is 6.92 Å². The van der Waals surface area contributed by atoms with Gasteiger partial charge in [0.05, 0.1) is 10.6 Å². The molecule has 0 unspecified atom stereocenters. The molecular weight excluding hydrogens is 367 g/mol. The Morgan fingerprint density at radius 2 is 1.81 bits per heavy atom. The van der Waals surface area contributed by atoms with Gasteiger partial charge < -0.3 is 4.90 Å². The molecule has 1 amide bonds. The Morgan fingerprint density at radius 3 is 2.56 bits per heavy atom. The lowest BCUT2D eigenvalue weighted by Gasteiger charge is -2.35. The van der Waals surface area contributed by atoms with E-state index in [9.17, 15) is 17.6 Å². The molecule has 2 aromatic carbocycles. The highest BCUT2D eigenvalue weighted by molar-refractivity contribution is 7.93. The van der Waals surface area contributed by atoms with E-state index in [0.29, 0.717) is 35.8 Å². The second-order valence-corrected chi connectivity index (χ2v) is 9.06. The number of carbonyl (C=O) groups excluding carboxylic acids is 1. The maximum Gasteiger partial charge on any atom is 0.265 e. The zero-order valence-electron chi connectivity index (χ0n) is 15.1. The number of rotatable bonds is 2. The van der Waals surface area contributed by atoms with Crippen molar-refractivity contribution in [2.75, 3.05) is 23.9 Å². The van der Waals surface area contributed by atoms with Gasteiger partial charge in [-0.1, -0.05) is 25.1 Å². The van der Waals surface area contributed by atoms with Gasteiger partial charge in [-0.2, -0.15) is 0 Å². The first-order chi connectivity index (χ1) is 12.9. The van der Waals surface area contributed by atoms with Crippen LogP contribution in [0.15, 0.2) is 47.4 Å². The number of hydrogen-bond acceptors (Lipinski definition) is 3. The predicted molar refractivity (Wildman–Crippen MR) is 101 cm³/mol. The van der Waals surface area contributed by atoms with Crippen LogP contribution in [0.4, 0.5) is 10.1 Å². The van der Waals surface area contributed by atoms with Crippen molar-refractivity contribution in [1.29, 1.82) is 0 Å². The minimum absolute atomic E-state index is 0.100. The maximum atomic E-state index is 13.9. The molecule has 0 saturated carbocycles. The summed E-state index contributed by atoms with van der Waals surface area (Å²) in [6.07, 6.45) is 1.84. The fourth-order valence-electron chi connectivity index (χ4n) is 3.75. The quantitative estimate of drug-likeness (QED) is 0.794. The molecule has 27 heavy (non-hydrogen) atoms. The lowest BCUT2D eigenvalue weighted by Crippen LogP contribution is -2.46. The summed E-state index contributed by atoms with van der Waals surface area (Å²) in [6, 6.07) is 10.5. The Bertz CT molecular complexity index is 998. The maximum absolute atomic E-state index is 13.9. The molecule has 142 valence electrons. The van der Waals surface area contributed by atoms with E-state index in [4.69, 9.17) is 0 Å². The molecule has 1 fully saturated rings. The van der Waals surface area contributed by atoms with Crippen molar-refractivity contribution in [3.63, 3.8) is 0 Å². The van der Waals surface area contributed by atoms with Crippen LogP contribution in [-0.2, 0) is 14.8 Å². The van der Waals surface area contributed by atoms with E-state index in [1.54, 1.807) is 23.1 Å². The van der Waals surface area contributed by atoms with Crippen LogP contribution in [0.25, 0.3) is 11.1 Å². The molecule has 2 aliphatic heterocycles. The average molecular weight is 388 g/mol. The third-order valence-corrected chi connectivity index (χ3v) is 7.21. The van der Waals surface area contributed by atoms with Crippen molar-refractivity contribution in [2.45, 2.75) is 24.7 Å². The predicted octanol–water partition coefficient (Wildman–Crippen LogP) is 3.26. The molecule has 0 N–H and O–H groups in total. The minimum atomic E-state index is -3.89. The first-order valence-electron chi connectivity index (χ1n) is 9.07. The van der Waals surface area contributed by atoms with E-state index < -0.39 is 15.8 Å². The van der Waals surface area contributed by atoms with Crippen LogP contribution in [0, 0.1) is 11.7 Å². The second kappa shape index (κ2) is 6.64. The van der Waals surface area contributed by atoms with Crippen molar-refractivity contribution in [3.8, 4) is 11.1 Å². The largest absolute Gasteiger partial charge is 0.341 e. The van der Waals surface area contributed by atoms with Crippen LogP contribution in [0.5, 0.6) is 0 Å². The number of nitrogens with zero attached hydrogens (tertiary/aromatic N) is 2. The summed E-state index contributed by atoms with van der Waals surface area (Å²) < 4.78 is 41.3. The number of hydrogen-bond donors (Lipinski definition) is 0. The first kappa shape index (κ1) is 18.0. The molecule has 0 aliphatic carbocycles. The van der Waals surface area contributed by atoms with Crippen molar-refractivity contribution in [1.82, 2.24) is 4.90 Å². The van der Waals surface area contributed by atoms with Crippen molar-refractivity contribution < 1.29 is 17.6 Å². The Kier molecular flexibility index (Phi) is 4.42. The number of anilines is 1. The molecule has 0 atom stereocenters. The fourth-order valence-corrected chi connectivity index (χ4v) is 5.40. The molecule has 2 aliphatic rings. The number of piperidine rings is 1. The molecule has 0 spiro atoms. The second-order valence-electron chi connectivity index (χ2n) is 7.23. The number of amides is 1. The highest BCUT2D eigenvalue weighted by Crippen LogP contribution is 2.43. The number of likely N-dealkylation sites (tertiary alicyclic amines) is 1. The molecule has 0 bridgehead atoms. The van der Waals surface area contributed by atoms with E-state index in [-0.39, 0.29) is 17.3 Å². The lowest BCUT2D eigenvalue weighted by molar-refractivity contribution is -0.130. The van der Waals surface area contributed by atoms with Crippen LogP contribution in [-0.4, -0.2) is 38.9 Å². The average Bonchev–Trinajstić information content (AvgIpc) is 2.66. The summed E-state index contributed by atoms with van der Waals surface area (Å²) in [4.78, 5) is 14.6. The third-order valence-electron chi connectivity index (χ3n) is 5.39. The van der Waals surface area contributed by atoms with Gasteiger partial charge in [0.25, 0.3) is 10.0 Å². The molecule has 4 rings (SSSR count). The molecule has 5 nitrogen and oxygen atoms in total. The Hall–Kier alpha value is -2.41. The van der Waals surface area contributed by atoms with E-state index in [0.717, 1.165) is 17.1 Å². The van der Waals surface area contributed by atoms with Gasteiger partial charge in [-0.05, 0) is 43.0 Å². The van der Waals surface area contributed by atoms with Crippen molar-refractivity contribution in [3.05, 3.63) is 48.3 Å².